The van der Waals surface area contributed by atoms with Crippen LogP contribution in [-0.4, -0.2) is 64.3 Å². The number of hydrogen-bond acceptors (Lipinski definition) is 7. The van der Waals surface area contributed by atoms with Crippen LogP contribution in [0.5, 0.6) is 0 Å². The highest BCUT2D eigenvalue weighted by molar-refractivity contribution is 6.29. The van der Waals surface area contributed by atoms with Gasteiger partial charge in [0.1, 0.15) is 18.0 Å². The van der Waals surface area contributed by atoms with Gasteiger partial charge in [-0.3, -0.25) is 19.4 Å². The number of nitrogens with two attached hydrogens (primary N) is 2. The molecular weight excluding hydrogens is 474 g/mol. The molecule has 3 fully saturated rings. The van der Waals surface area contributed by atoms with Gasteiger partial charge in [0.15, 0.2) is 0 Å². The van der Waals surface area contributed by atoms with Crippen LogP contribution in [0, 0.1) is 5.41 Å². The summed E-state index contributed by atoms with van der Waals surface area (Å²) in [7, 11) is 1.77. The zero-order chi connectivity index (χ0) is 26.7. The molecule has 0 atom stereocenters. The summed E-state index contributed by atoms with van der Waals surface area (Å²) in [6.07, 6.45) is 5.76. The second-order valence-corrected chi connectivity index (χ2v) is 10.5. The summed E-state index contributed by atoms with van der Waals surface area (Å²) in [5.74, 6) is -1.77. The minimum absolute atomic E-state index is 0.0836. The van der Waals surface area contributed by atoms with Gasteiger partial charge in [-0.15, -0.1) is 0 Å². The number of benzene rings is 1. The van der Waals surface area contributed by atoms with E-state index in [-0.39, 0.29) is 48.1 Å². The van der Waals surface area contributed by atoms with Gasteiger partial charge in [0.05, 0.1) is 0 Å². The standard InChI is InChI=1S/C27H37N5O5/c1-3-4-14-31-23(33)21(22(28)29)24(34)32(25(31)35)19-10-12-27(13-11-19)15-20(16-27)30(2)26(36)37-17-18-8-6-5-7-9-18/h5-9,19-20H,3-4,10-17,28-29H2,1-2H3. The number of barbiturate groups is 1. The first-order valence-electron chi connectivity index (χ1n) is 13.1. The van der Waals surface area contributed by atoms with Crippen LogP contribution >= 0.6 is 0 Å². The van der Waals surface area contributed by atoms with E-state index in [1.807, 2.05) is 37.3 Å². The molecule has 2 saturated carbocycles. The SMILES string of the molecule is CCCCN1C(=O)C(=C(N)N)C(=O)N(C2CCC3(CC2)CC(N(C)C(=O)OCc2ccccc2)C3)C1=O. The molecule has 0 unspecified atom stereocenters. The second-order valence-electron chi connectivity index (χ2n) is 10.5. The first-order chi connectivity index (χ1) is 17.7. The number of urea groups is 1. The molecular formula is C27H37N5O5. The van der Waals surface area contributed by atoms with E-state index in [2.05, 4.69) is 0 Å². The topological polar surface area (TPSA) is 139 Å². The van der Waals surface area contributed by atoms with Gasteiger partial charge in [0.2, 0.25) is 0 Å². The molecule has 0 radical (unpaired) electrons. The van der Waals surface area contributed by atoms with Gasteiger partial charge in [-0.1, -0.05) is 43.7 Å². The fourth-order valence-corrected chi connectivity index (χ4v) is 5.80. The van der Waals surface area contributed by atoms with Crippen LogP contribution in [0.1, 0.15) is 63.9 Å². The van der Waals surface area contributed by atoms with Crippen LogP contribution in [0.3, 0.4) is 0 Å². The van der Waals surface area contributed by atoms with Crippen molar-refractivity contribution in [1.82, 2.24) is 14.7 Å². The van der Waals surface area contributed by atoms with Gasteiger partial charge in [-0.05, 0) is 55.9 Å². The lowest BCUT2D eigenvalue weighted by Crippen LogP contribution is -2.62. The van der Waals surface area contributed by atoms with Gasteiger partial charge in [0, 0.05) is 25.7 Å². The molecule has 200 valence electrons. The highest BCUT2D eigenvalue weighted by atomic mass is 16.6. The van der Waals surface area contributed by atoms with E-state index in [0.29, 0.717) is 19.3 Å². The van der Waals surface area contributed by atoms with Crippen molar-refractivity contribution in [3.63, 3.8) is 0 Å². The maximum Gasteiger partial charge on any atom is 0.410 e. The average Bonchev–Trinajstić information content (AvgIpc) is 2.86. The lowest BCUT2D eigenvalue weighted by atomic mass is 9.57. The predicted molar refractivity (Wildman–Crippen MR) is 136 cm³/mol. The Morgan fingerprint density at radius 2 is 1.73 bits per heavy atom. The highest BCUT2D eigenvalue weighted by Gasteiger charge is 2.52. The number of hydrogen-bond donors (Lipinski definition) is 2. The zero-order valence-electron chi connectivity index (χ0n) is 21.7. The fourth-order valence-electron chi connectivity index (χ4n) is 5.80. The maximum atomic E-state index is 13.2. The fraction of sp³-hybridized carbons (Fsp3) is 0.556. The number of imide groups is 2. The Bertz CT molecular complexity index is 1070. The van der Waals surface area contributed by atoms with E-state index in [1.54, 1.807) is 11.9 Å². The summed E-state index contributed by atoms with van der Waals surface area (Å²) < 4.78 is 5.47. The van der Waals surface area contributed by atoms with Crippen molar-refractivity contribution in [2.75, 3.05) is 13.6 Å². The molecule has 0 aromatic heterocycles. The van der Waals surface area contributed by atoms with Crippen molar-refractivity contribution in [2.45, 2.75) is 77.0 Å². The van der Waals surface area contributed by atoms with Gasteiger partial charge in [-0.25, -0.2) is 9.59 Å². The summed E-state index contributed by atoms with van der Waals surface area (Å²) in [6.45, 7) is 2.42. The largest absolute Gasteiger partial charge is 0.445 e. The molecule has 37 heavy (non-hydrogen) atoms. The Kier molecular flexibility index (Phi) is 7.75. The Morgan fingerprint density at radius 1 is 1.08 bits per heavy atom. The third-order valence-corrected chi connectivity index (χ3v) is 8.11. The number of amides is 5. The van der Waals surface area contributed by atoms with Crippen molar-refractivity contribution in [3.05, 3.63) is 47.3 Å². The first-order valence-corrected chi connectivity index (χ1v) is 13.1. The summed E-state index contributed by atoms with van der Waals surface area (Å²) in [4.78, 5) is 55.6. The smallest absolute Gasteiger partial charge is 0.410 e. The van der Waals surface area contributed by atoms with Crippen LogP contribution < -0.4 is 11.5 Å². The molecule has 1 spiro atoms. The number of carbonyl (C=O) groups is 4. The van der Waals surface area contributed by atoms with Crippen molar-refractivity contribution in [1.29, 1.82) is 0 Å². The van der Waals surface area contributed by atoms with Gasteiger partial charge in [0.25, 0.3) is 11.8 Å². The molecule has 0 bridgehead atoms. The molecule has 1 aromatic rings. The quantitative estimate of drug-likeness (QED) is 0.424. The van der Waals surface area contributed by atoms with E-state index in [9.17, 15) is 19.2 Å². The summed E-state index contributed by atoms with van der Waals surface area (Å²) in [5, 5.41) is 0. The monoisotopic (exact) mass is 511 g/mol. The minimum atomic E-state index is -0.712. The van der Waals surface area contributed by atoms with E-state index in [1.165, 1.54) is 4.90 Å². The van der Waals surface area contributed by atoms with E-state index >= 15 is 0 Å². The third kappa shape index (κ3) is 5.28. The van der Waals surface area contributed by atoms with Gasteiger partial charge < -0.3 is 21.1 Å². The molecule has 1 aliphatic heterocycles. The molecule has 4 rings (SSSR count). The van der Waals surface area contributed by atoms with Crippen molar-refractivity contribution in [2.24, 2.45) is 16.9 Å². The van der Waals surface area contributed by atoms with Gasteiger partial charge in [-0.2, -0.15) is 0 Å². The van der Waals surface area contributed by atoms with Crippen LogP contribution in [0.4, 0.5) is 9.59 Å². The molecule has 1 aromatic carbocycles. The summed E-state index contributed by atoms with van der Waals surface area (Å²) >= 11 is 0. The van der Waals surface area contributed by atoms with Crippen LogP contribution in [0.2, 0.25) is 0 Å². The number of nitrogens with zero attached hydrogens (tertiary/aromatic N) is 3. The molecule has 10 heteroatoms. The normalized spacial score (nSPS) is 25.8. The van der Waals surface area contributed by atoms with Crippen molar-refractivity contribution < 1.29 is 23.9 Å². The first kappa shape index (κ1) is 26.5. The molecule has 1 saturated heterocycles. The van der Waals surface area contributed by atoms with Crippen molar-refractivity contribution in [3.8, 4) is 0 Å². The molecule has 3 aliphatic rings. The zero-order valence-corrected chi connectivity index (χ0v) is 21.7. The molecule has 2 aliphatic carbocycles. The predicted octanol–water partition coefficient (Wildman–Crippen LogP) is 3.07. The Labute approximate surface area is 217 Å². The average molecular weight is 512 g/mol. The lowest BCUT2D eigenvalue weighted by molar-refractivity contribution is -0.138. The highest BCUT2D eigenvalue weighted by Crippen LogP contribution is 2.54. The van der Waals surface area contributed by atoms with Gasteiger partial charge >= 0.3 is 12.1 Å². The van der Waals surface area contributed by atoms with Crippen LogP contribution in [-0.2, 0) is 20.9 Å². The second kappa shape index (κ2) is 10.8. The molecule has 10 nitrogen and oxygen atoms in total. The Balaban J connectivity index is 1.33. The Hall–Kier alpha value is -3.56. The number of carbonyl (C=O) groups excluding carboxylic acids is 4. The lowest BCUT2D eigenvalue weighted by Gasteiger charge is -2.54. The Morgan fingerprint density at radius 3 is 2.32 bits per heavy atom. The summed E-state index contributed by atoms with van der Waals surface area (Å²) in [6, 6.07) is 8.78. The maximum absolute atomic E-state index is 13.2. The van der Waals surface area contributed by atoms with Crippen LogP contribution in [0.25, 0.3) is 0 Å². The molecule has 4 N–H and O–H groups in total. The van der Waals surface area contributed by atoms with Crippen molar-refractivity contribution >= 4 is 23.9 Å². The van der Waals surface area contributed by atoms with Crippen LogP contribution in [0.15, 0.2) is 41.7 Å². The molecule has 5 amide bonds. The number of rotatable bonds is 7. The molecule has 1 heterocycles. The van der Waals surface area contributed by atoms with E-state index in [0.717, 1.165) is 42.6 Å². The number of ether oxygens (including phenoxy) is 1. The summed E-state index contributed by atoms with van der Waals surface area (Å²) in [5.41, 5.74) is 12.1. The van der Waals surface area contributed by atoms with E-state index in [4.69, 9.17) is 16.2 Å². The minimum Gasteiger partial charge on any atom is -0.445 e. The number of unbranched alkanes of at least 4 members (excludes halogenated alkanes) is 1. The van der Waals surface area contributed by atoms with E-state index < -0.39 is 17.8 Å². The third-order valence-electron chi connectivity index (χ3n) is 8.11.